The van der Waals surface area contributed by atoms with Crippen LogP contribution in [0, 0.1) is 5.92 Å². The lowest BCUT2D eigenvalue weighted by Crippen LogP contribution is -2.41. The molecule has 0 saturated carbocycles. The molecule has 0 aromatic heterocycles. The van der Waals surface area contributed by atoms with Crippen LogP contribution in [0.15, 0.2) is 30.3 Å². The van der Waals surface area contributed by atoms with Gasteiger partial charge in [-0.05, 0) is 12.8 Å². The summed E-state index contributed by atoms with van der Waals surface area (Å²) in [4.78, 5) is 25.3. The van der Waals surface area contributed by atoms with Crippen molar-refractivity contribution in [3.8, 4) is 0 Å². The molecule has 1 aliphatic heterocycles. The Hall–Kier alpha value is -1.64. The molecule has 1 unspecified atom stereocenters. The van der Waals surface area contributed by atoms with Crippen LogP contribution in [-0.2, 0) is 4.79 Å². The molecule has 0 bridgehead atoms. The van der Waals surface area contributed by atoms with Gasteiger partial charge in [-0.2, -0.15) is 0 Å². The Morgan fingerprint density at radius 1 is 1.24 bits per heavy atom. The zero-order chi connectivity index (χ0) is 12.3. The zero-order valence-corrected chi connectivity index (χ0v) is 10.1. The number of hydrogen-bond donors (Lipinski definition) is 0. The fraction of sp³-hybridized carbons (Fsp3) is 0.429. The monoisotopic (exact) mass is 231 g/mol. The molecule has 3 nitrogen and oxygen atoms in total. The molecule has 1 heterocycles. The minimum absolute atomic E-state index is 0.0324. The normalized spacial score (nSPS) is 20.1. The predicted molar refractivity (Wildman–Crippen MR) is 65.8 cm³/mol. The highest BCUT2D eigenvalue weighted by atomic mass is 16.2. The first-order chi connectivity index (χ1) is 8.18. The lowest BCUT2D eigenvalue weighted by Gasteiger charge is -2.31. The van der Waals surface area contributed by atoms with Gasteiger partial charge in [-0.3, -0.25) is 9.59 Å². The Morgan fingerprint density at radius 3 is 2.59 bits per heavy atom. The third-order valence-electron chi connectivity index (χ3n) is 3.30. The summed E-state index contributed by atoms with van der Waals surface area (Å²) in [5.41, 5.74) is 0.753. The maximum absolute atomic E-state index is 12.2. The maximum Gasteiger partial charge on any atom is 0.219 e. The third-order valence-corrected chi connectivity index (χ3v) is 3.30. The van der Waals surface area contributed by atoms with Gasteiger partial charge in [-0.25, -0.2) is 0 Å². The van der Waals surface area contributed by atoms with E-state index in [4.69, 9.17) is 0 Å². The first-order valence-corrected chi connectivity index (χ1v) is 6.03. The van der Waals surface area contributed by atoms with Crippen molar-refractivity contribution in [2.45, 2.75) is 19.8 Å². The molecule has 17 heavy (non-hydrogen) atoms. The van der Waals surface area contributed by atoms with Gasteiger partial charge in [0.15, 0.2) is 5.78 Å². The number of piperidine rings is 1. The Kier molecular flexibility index (Phi) is 3.57. The van der Waals surface area contributed by atoms with E-state index in [1.807, 2.05) is 30.3 Å². The van der Waals surface area contributed by atoms with Crippen LogP contribution < -0.4 is 0 Å². The summed E-state index contributed by atoms with van der Waals surface area (Å²) in [5, 5.41) is 0. The molecule has 1 fully saturated rings. The van der Waals surface area contributed by atoms with E-state index >= 15 is 0 Å². The summed E-state index contributed by atoms with van der Waals surface area (Å²) in [6.07, 6.45) is 1.81. The minimum Gasteiger partial charge on any atom is -0.342 e. The van der Waals surface area contributed by atoms with Crippen molar-refractivity contribution in [3.63, 3.8) is 0 Å². The van der Waals surface area contributed by atoms with E-state index in [0.29, 0.717) is 6.54 Å². The van der Waals surface area contributed by atoms with Crippen LogP contribution in [0.5, 0.6) is 0 Å². The number of hydrogen-bond acceptors (Lipinski definition) is 2. The summed E-state index contributed by atoms with van der Waals surface area (Å²) in [7, 11) is 0. The number of carbonyl (C=O) groups excluding carboxylic acids is 2. The lowest BCUT2D eigenvalue weighted by molar-refractivity contribution is -0.130. The molecule has 0 aliphatic carbocycles. The average molecular weight is 231 g/mol. The molecular formula is C14H17NO2. The standard InChI is InChI=1S/C14H17NO2/c1-11(16)15-9-5-8-13(10-15)14(17)12-6-3-2-4-7-12/h2-4,6-7,13H,5,8-10H2,1H3. The molecule has 0 radical (unpaired) electrons. The van der Waals surface area contributed by atoms with Crippen molar-refractivity contribution in [1.29, 1.82) is 0 Å². The van der Waals surface area contributed by atoms with Gasteiger partial charge in [0.2, 0.25) is 5.91 Å². The van der Waals surface area contributed by atoms with Crippen LogP contribution in [-0.4, -0.2) is 29.7 Å². The van der Waals surface area contributed by atoms with Crippen molar-refractivity contribution in [2.24, 2.45) is 5.92 Å². The number of nitrogens with zero attached hydrogens (tertiary/aromatic N) is 1. The molecule has 0 spiro atoms. The molecule has 1 saturated heterocycles. The van der Waals surface area contributed by atoms with Crippen molar-refractivity contribution >= 4 is 11.7 Å². The number of likely N-dealkylation sites (tertiary alicyclic amines) is 1. The van der Waals surface area contributed by atoms with Gasteiger partial charge in [-0.15, -0.1) is 0 Å². The molecular weight excluding hydrogens is 214 g/mol. The van der Waals surface area contributed by atoms with E-state index < -0.39 is 0 Å². The van der Waals surface area contributed by atoms with Crippen LogP contribution in [0.3, 0.4) is 0 Å². The summed E-state index contributed by atoms with van der Waals surface area (Å²) in [6, 6.07) is 9.33. The first-order valence-electron chi connectivity index (χ1n) is 6.03. The highest BCUT2D eigenvalue weighted by molar-refractivity contribution is 5.98. The van der Waals surface area contributed by atoms with Gasteiger partial charge < -0.3 is 4.90 Å². The number of ketones is 1. The van der Waals surface area contributed by atoms with E-state index in [1.165, 1.54) is 0 Å². The van der Waals surface area contributed by atoms with Crippen LogP contribution in [0.1, 0.15) is 30.1 Å². The van der Waals surface area contributed by atoms with Crippen molar-refractivity contribution in [1.82, 2.24) is 4.90 Å². The fourth-order valence-corrected chi connectivity index (χ4v) is 2.32. The lowest BCUT2D eigenvalue weighted by atomic mass is 9.90. The van der Waals surface area contributed by atoms with E-state index in [1.54, 1.807) is 11.8 Å². The van der Waals surface area contributed by atoms with E-state index in [-0.39, 0.29) is 17.6 Å². The van der Waals surface area contributed by atoms with E-state index in [9.17, 15) is 9.59 Å². The van der Waals surface area contributed by atoms with Crippen LogP contribution in [0.4, 0.5) is 0 Å². The Morgan fingerprint density at radius 2 is 1.94 bits per heavy atom. The first kappa shape index (κ1) is 11.8. The molecule has 1 aromatic carbocycles. The van der Waals surface area contributed by atoms with E-state index in [2.05, 4.69) is 0 Å². The Labute approximate surface area is 101 Å². The maximum atomic E-state index is 12.2. The van der Waals surface area contributed by atoms with Gasteiger partial charge in [0, 0.05) is 31.5 Å². The topological polar surface area (TPSA) is 37.4 Å². The third kappa shape index (κ3) is 2.73. The van der Waals surface area contributed by atoms with Crippen molar-refractivity contribution in [3.05, 3.63) is 35.9 Å². The highest BCUT2D eigenvalue weighted by Crippen LogP contribution is 2.20. The fourth-order valence-electron chi connectivity index (χ4n) is 2.32. The summed E-state index contributed by atoms with van der Waals surface area (Å²) in [6.45, 7) is 2.92. The SMILES string of the molecule is CC(=O)N1CCCC(C(=O)c2ccccc2)C1. The van der Waals surface area contributed by atoms with Crippen LogP contribution >= 0.6 is 0 Å². The molecule has 1 atom stereocenters. The smallest absolute Gasteiger partial charge is 0.219 e. The second kappa shape index (κ2) is 5.13. The largest absolute Gasteiger partial charge is 0.342 e. The molecule has 1 aromatic rings. The highest BCUT2D eigenvalue weighted by Gasteiger charge is 2.27. The Balaban J connectivity index is 2.07. The molecule has 1 amide bonds. The summed E-state index contributed by atoms with van der Waals surface area (Å²) < 4.78 is 0. The second-order valence-electron chi connectivity index (χ2n) is 4.53. The number of rotatable bonds is 2. The van der Waals surface area contributed by atoms with Gasteiger partial charge in [0.25, 0.3) is 0 Å². The van der Waals surface area contributed by atoms with Crippen molar-refractivity contribution in [2.75, 3.05) is 13.1 Å². The average Bonchev–Trinajstić information content (AvgIpc) is 2.39. The molecule has 90 valence electrons. The van der Waals surface area contributed by atoms with Crippen molar-refractivity contribution < 1.29 is 9.59 Å². The number of carbonyl (C=O) groups is 2. The Bertz CT molecular complexity index is 413. The molecule has 3 heteroatoms. The number of amides is 1. The van der Waals surface area contributed by atoms with Crippen LogP contribution in [0.25, 0.3) is 0 Å². The quantitative estimate of drug-likeness (QED) is 0.731. The van der Waals surface area contributed by atoms with E-state index in [0.717, 1.165) is 24.9 Å². The molecule has 2 rings (SSSR count). The summed E-state index contributed by atoms with van der Waals surface area (Å²) in [5.74, 6) is 0.196. The number of benzene rings is 1. The summed E-state index contributed by atoms with van der Waals surface area (Å²) >= 11 is 0. The van der Waals surface area contributed by atoms with Gasteiger partial charge in [-0.1, -0.05) is 30.3 Å². The predicted octanol–water partition coefficient (Wildman–Crippen LogP) is 2.13. The molecule has 1 aliphatic rings. The molecule has 0 N–H and O–H groups in total. The van der Waals surface area contributed by atoms with Gasteiger partial charge >= 0.3 is 0 Å². The zero-order valence-electron chi connectivity index (χ0n) is 10.1. The minimum atomic E-state index is -0.0324. The van der Waals surface area contributed by atoms with Crippen LogP contribution in [0.2, 0.25) is 0 Å². The van der Waals surface area contributed by atoms with Gasteiger partial charge in [0.05, 0.1) is 0 Å². The number of Topliss-reactive ketones (excluding diaryl/α,β-unsaturated/α-hetero) is 1. The second-order valence-corrected chi connectivity index (χ2v) is 4.53. The van der Waals surface area contributed by atoms with Gasteiger partial charge in [0.1, 0.15) is 0 Å².